The molecule has 0 aromatic carbocycles. The number of likely N-dealkylation sites (N-methyl/N-ethyl adjacent to an activating group) is 1. The van der Waals surface area contributed by atoms with E-state index in [2.05, 4.69) is 23.6 Å². The number of rotatable bonds is 4. The van der Waals surface area contributed by atoms with Gasteiger partial charge in [0.1, 0.15) is 0 Å². The largest absolute Gasteiger partial charge is 0.340 e. The van der Waals surface area contributed by atoms with Crippen LogP contribution in [0.1, 0.15) is 52.4 Å². The number of carbonyl (C=O) groups is 1. The Bertz CT molecular complexity index is 321. The number of piperazine rings is 1. The first-order valence-corrected chi connectivity index (χ1v) is 8.37. The van der Waals surface area contributed by atoms with Crippen LogP contribution in [-0.2, 0) is 4.79 Å². The highest BCUT2D eigenvalue weighted by atomic mass is 16.2. The Morgan fingerprint density at radius 1 is 1.30 bits per heavy atom. The second kappa shape index (κ2) is 7.41. The highest BCUT2D eigenvalue weighted by Crippen LogP contribution is 2.27. The number of hydrogen-bond donors (Lipinski definition) is 1. The fraction of sp³-hybridized carbons (Fsp3) is 0.938. The molecule has 1 saturated heterocycles. The summed E-state index contributed by atoms with van der Waals surface area (Å²) in [5.41, 5.74) is 6.02. The van der Waals surface area contributed by atoms with E-state index in [1.165, 1.54) is 19.3 Å². The minimum absolute atomic E-state index is 0.353. The Morgan fingerprint density at radius 2 is 2.10 bits per heavy atom. The molecule has 1 amide bonds. The van der Waals surface area contributed by atoms with Gasteiger partial charge >= 0.3 is 0 Å². The van der Waals surface area contributed by atoms with Gasteiger partial charge in [0.2, 0.25) is 5.91 Å². The summed E-state index contributed by atoms with van der Waals surface area (Å²) >= 11 is 0. The van der Waals surface area contributed by atoms with Crippen LogP contribution in [0, 0.1) is 5.92 Å². The van der Waals surface area contributed by atoms with Crippen LogP contribution in [0.2, 0.25) is 0 Å². The first-order chi connectivity index (χ1) is 9.60. The van der Waals surface area contributed by atoms with E-state index < -0.39 is 0 Å². The third-order valence-corrected chi connectivity index (χ3v) is 5.11. The van der Waals surface area contributed by atoms with Crippen molar-refractivity contribution in [2.45, 2.75) is 64.5 Å². The third kappa shape index (κ3) is 4.19. The lowest BCUT2D eigenvalue weighted by atomic mass is 9.83. The SMILES string of the molecule is CCN1CCN(C(=O)CCC2CCCC(N)C2)CC1C. The molecule has 116 valence electrons. The smallest absolute Gasteiger partial charge is 0.222 e. The molecule has 0 aromatic heterocycles. The number of carbonyl (C=O) groups excluding carboxylic acids is 1. The van der Waals surface area contributed by atoms with Gasteiger partial charge in [-0.05, 0) is 38.6 Å². The van der Waals surface area contributed by atoms with Gasteiger partial charge in [-0.25, -0.2) is 0 Å². The van der Waals surface area contributed by atoms with Gasteiger partial charge in [0.15, 0.2) is 0 Å². The third-order valence-electron chi connectivity index (χ3n) is 5.11. The van der Waals surface area contributed by atoms with E-state index in [-0.39, 0.29) is 0 Å². The molecular formula is C16H31N3O. The monoisotopic (exact) mass is 281 g/mol. The first-order valence-electron chi connectivity index (χ1n) is 8.37. The number of nitrogens with two attached hydrogens (primary N) is 1. The van der Waals surface area contributed by atoms with Gasteiger partial charge in [0.05, 0.1) is 0 Å². The van der Waals surface area contributed by atoms with Crippen LogP contribution < -0.4 is 5.73 Å². The van der Waals surface area contributed by atoms with Gasteiger partial charge < -0.3 is 10.6 Å². The van der Waals surface area contributed by atoms with E-state index in [9.17, 15) is 4.79 Å². The van der Waals surface area contributed by atoms with E-state index >= 15 is 0 Å². The number of nitrogens with zero attached hydrogens (tertiary/aromatic N) is 2. The molecule has 2 fully saturated rings. The zero-order valence-corrected chi connectivity index (χ0v) is 13.2. The summed E-state index contributed by atoms with van der Waals surface area (Å²) in [6, 6.07) is 0.873. The maximum Gasteiger partial charge on any atom is 0.222 e. The Hall–Kier alpha value is -0.610. The van der Waals surface area contributed by atoms with Crippen LogP contribution in [0.5, 0.6) is 0 Å². The lowest BCUT2D eigenvalue weighted by Crippen LogP contribution is -2.53. The summed E-state index contributed by atoms with van der Waals surface area (Å²) in [6.07, 6.45) is 6.55. The minimum atomic E-state index is 0.353. The van der Waals surface area contributed by atoms with Gasteiger partial charge in [-0.1, -0.05) is 19.8 Å². The topological polar surface area (TPSA) is 49.6 Å². The fourth-order valence-corrected chi connectivity index (χ4v) is 3.77. The van der Waals surface area contributed by atoms with Crippen molar-refractivity contribution in [3.05, 3.63) is 0 Å². The molecule has 20 heavy (non-hydrogen) atoms. The molecule has 2 rings (SSSR count). The highest BCUT2D eigenvalue weighted by Gasteiger charge is 2.26. The molecule has 2 aliphatic rings. The van der Waals surface area contributed by atoms with Crippen molar-refractivity contribution in [1.82, 2.24) is 9.80 Å². The van der Waals surface area contributed by atoms with Crippen molar-refractivity contribution in [2.24, 2.45) is 11.7 Å². The molecule has 1 aliphatic carbocycles. The molecule has 4 nitrogen and oxygen atoms in total. The van der Waals surface area contributed by atoms with Gasteiger partial charge in [-0.2, -0.15) is 0 Å². The number of amides is 1. The highest BCUT2D eigenvalue weighted by molar-refractivity contribution is 5.76. The second-order valence-electron chi connectivity index (χ2n) is 6.65. The van der Waals surface area contributed by atoms with Crippen LogP contribution in [0.3, 0.4) is 0 Å². The van der Waals surface area contributed by atoms with E-state index in [4.69, 9.17) is 5.73 Å². The standard InChI is InChI=1S/C16H31N3O/c1-3-18-9-10-19(12-13(18)2)16(20)8-7-14-5-4-6-15(17)11-14/h13-15H,3-12,17H2,1-2H3. The number of hydrogen-bond acceptors (Lipinski definition) is 3. The molecular weight excluding hydrogens is 250 g/mol. The first kappa shape index (κ1) is 15.8. The average Bonchev–Trinajstić information content (AvgIpc) is 2.44. The summed E-state index contributed by atoms with van der Waals surface area (Å²) in [4.78, 5) is 16.9. The Kier molecular flexibility index (Phi) is 5.85. The molecule has 1 saturated carbocycles. The van der Waals surface area contributed by atoms with E-state index in [1.807, 2.05) is 0 Å². The molecule has 1 heterocycles. The molecule has 0 aromatic rings. The summed E-state index contributed by atoms with van der Waals surface area (Å²) < 4.78 is 0. The summed E-state index contributed by atoms with van der Waals surface area (Å²) in [5, 5.41) is 0. The van der Waals surface area contributed by atoms with E-state index in [1.54, 1.807) is 0 Å². The quantitative estimate of drug-likeness (QED) is 0.855. The molecule has 2 N–H and O–H groups in total. The van der Waals surface area contributed by atoms with Crippen LogP contribution >= 0.6 is 0 Å². The predicted molar refractivity (Wildman–Crippen MR) is 82.5 cm³/mol. The Morgan fingerprint density at radius 3 is 2.75 bits per heavy atom. The average molecular weight is 281 g/mol. The van der Waals surface area contributed by atoms with Crippen molar-refractivity contribution in [3.63, 3.8) is 0 Å². The van der Waals surface area contributed by atoms with Crippen molar-refractivity contribution in [2.75, 3.05) is 26.2 Å². The molecule has 3 unspecified atom stereocenters. The lowest BCUT2D eigenvalue weighted by Gasteiger charge is -2.39. The van der Waals surface area contributed by atoms with Crippen molar-refractivity contribution in [1.29, 1.82) is 0 Å². The van der Waals surface area contributed by atoms with Crippen LogP contribution in [0.15, 0.2) is 0 Å². The maximum atomic E-state index is 12.3. The molecule has 0 radical (unpaired) electrons. The molecule has 0 spiro atoms. The summed E-state index contributed by atoms with van der Waals surface area (Å²) in [5.74, 6) is 1.03. The van der Waals surface area contributed by atoms with Gasteiger partial charge in [-0.3, -0.25) is 9.69 Å². The van der Waals surface area contributed by atoms with Gasteiger partial charge in [-0.15, -0.1) is 0 Å². The van der Waals surface area contributed by atoms with Gasteiger partial charge in [0, 0.05) is 38.1 Å². The molecule has 1 aliphatic heterocycles. The molecule has 4 heteroatoms. The second-order valence-corrected chi connectivity index (χ2v) is 6.65. The molecule has 3 atom stereocenters. The Balaban J connectivity index is 1.72. The summed E-state index contributed by atoms with van der Waals surface area (Å²) in [7, 11) is 0. The molecule has 0 bridgehead atoms. The lowest BCUT2D eigenvalue weighted by molar-refractivity contribution is -0.134. The maximum absolute atomic E-state index is 12.3. The van der Waals surface area contributed by atoms with E-state index in [0.717, 1.165) is 45.4 Å². The zero-order valence-electron chi connectivity index (χ0n) is 13.2. The van der Waals surface area contributed by atoms with Crippen molar-refractivity contribution in [3.8, 4) is 0 Å². The predicted octanol–water partition coefficient (Wildman–Crippen LogP) is 1.84. The summed E-state index contributed by atoms with van der Waals surface area (Å²) in [6.45, 7) is 8.34. The van der Waals surface area contributed by atoms with Gasteiger partial charge in [0.25, 0.3) is 0 Å². The zero-order chi connectivity index (χ0) is 14.5. The van der Waals surface area contributed by atoms with Crippen LogP contribution in [-0.4, -0.2) is 54.0 Å². The van der Waals surface area contributed by atoms with Crippen molar-refractivity contribution < 1.29 is 4.79 Å². The van der Waals surface area contributed by atoms with Crippen LogP contribution in [0.25, 0.3) is 0 Å². The fourth-order valence-electron chi connectivity index (χ4n) is 3.77. The van der Waals surface area contributed by atoms with Crippen LogP contribution in [0.4, 0.5) is 0 Å². The Labute approximate surface area is 123 Å². The van der Waals surface area contributed by atoms with Crippen molar-refractivity contribution >= 4 is 5.91 Å². The normalized spacial score (nSPS) is 32.4. The van der Waals surface area contributed by atoms with E-state index in [0.29, 0.717) is 23.9 Å². The minimum Gasteiger partial charge on any atom is -0.340 e.